The van der Waals surface area contributed by atoms with Crippen molar-refractivity contribution in [2.24, 2.45) is 0 Å². The van der Waals surface area contributed by atoms with E-state index in [0.717, 1.165) is 5.56 Å². The second-order valence-corrected chi connectivity index (χ2v) is 6.06. The highest BCUT2D eigenvalue weighted by Crippen LogP contribution is 2.22. The van der Waals surface area contributed by atoms with Crippen LogP contribution in [-0.4, -0.2) is 38.0 Å². The fourth-order valence-corrected chi connectivity index (χ4v) is 2.71. The van der Waals surface area contributed by atoms with Gasteiger partial charge in [-0.15, -0.1) is 0 Å². The number of methoxy groups -OCH3 is 1. The third-order valence-electron chi connectivity index (χ3n) is 4.05. The molecule has 0 bridgehead atoms. The second-order valence-electron chi connectivity index (χ2n) is 6.06. The van der Waals surface area contributed by atoms with E-state index in [1.807, 2.05) is 0 Å². The lowest BCUT2D eigenvalue weighted by molar-refractivity contribution is -0.117. The van der Waals surface area contributed by atoms with Gasteiger partial charge in [0.05, 0.1) is 31.5 Å². The fourth-order valence-electron chi connectivity index (χ4n) is 2.71. The minimum Gasteiger partial charge on any atom is -0.496 e. The Kier molecular flexibility index (Phi) is 7.75. The normalized spacial score (nSPS) is 10.2. The van der Waals surface area contributed by atoms with Crippen LogP contribution in [0.1, 0.15) is 45.7 Å². The summed E-state index contributed by atoms with van der Waals surface area (Å²) in [4.78, 5) is 36.0. The number of benzene rings is 2. The Labute approximate surface area is 164 Å². The summed E-state index contributed by atoms with van der Waals surface area (Å²) >= 11 is 0. The van der Waals surface area contributed by atoms with Crippen LogP contribution in [-0.2, 0) is 27.1 Å². The summed E-state index contributed by atoms with van der Waals surface area (Å²) in [5.41, 5.74) is 2.34. The first-order chi connectivity index (χ1) is 13.5. The number of carbonyl (C=O) groups is 3. The van der Waals surface area contributed by atoms with Crippen LogP contribution in [0.5, 0.6) is 5.75 Å². The Morgan fingerprint density at radius 2 is 1.36 bits per heavy atom. The standard InChI is InChI=1S/C22H24O6/c1-4-27-21(24)16-8-6-15(7-9-16)12-19(23)13-17-10-11-18(14-20(17)26-3)22(25)28-5-2/h6-11,14H,4-5,12-13H2,1-3H3. The van der Waals surface area contributed by atoms with Crippen molar-refractivity contribution in [1.82, 2.24) is 0 Å². The Morgan fingerprint density at radius 3 is 1.93 bits per heavy atom. The zero-order valence-corrected chi connectivity index (χ0v) is 16.3. The van der Waals surface area contributed by atoms with Crippen molar-refractivity contribution in [3.63, 3.8) is 0 Å². The molecule has 0 aliphatic heterocycles. The topological polar surface area (TPSA) is 78.9 Å². The molecular weight excluding hydrogens is 360 g/mol. The van der Waals surface area contributed by atoms with E-state index in [-0.39, 0.29) is 31.2 Å². The van der Waals surface area contributed by atoms with E-state index < -0.39 is 5.97 Å². The molecule has 6 nitrogen and oxygen atoms in total. The van der Waals surface area contributed by atoms with Gasteiger partial charge in [-0.05, 0) is 43.7 Å². The summed E-state index contributed by atoms with van der Waals surface area (Å²) in [7, 11) is 1.49. The van der Waals surface area contributed by atoms with Gasteiger partial charge in [0, 0.05) is 18.4 Å². The van der Waals surface area contributed by atoms with Crippen molar-refractivity contribution in [3.8, 4) is 5.75 Å². The highest BCUT2D eigenvalue weighted by molar-refractivity contribution is 5.91. The molecule has 0 fully saturated rings. The Bertz CT molecular complexity index is 839. The number of esters is 2. The predicted molar refractivity (Wildman–Crippen MR) is 104 cm³/mol. The molecule has 0 N–H and O–H groups in total. The van der Waals surface area contributed by atoms with Crippen molar-refractivity contribution in [1.29, 1.82) is 0 Å². The maximum atomic E-state index is 12.5. The minimum atomic E-state index is -0.430. The average molecular weight is 384 g/mol. The van der Waals surface area contributed by atoms with Gasteiger partial charge in [-0.2, -0.15) is 0 Å². The average Bonchev–Trinajstić information content (AvgIpc) is 2.69. The predicted octanol–water partition coefficient (Wildman–Crippen LogP) is 3.40. The molecule has 0 aromatic heterocycles. The van der Waals surface area contributed by atoms with Crippen LogP contribution < -0.4 is 4.74 Å². The van der Waals surface area contributed by atoms with E-state index >= 15 is 0 Å². The van der Waals surface area contributed by atoms with E-state index in [0.29, 0.717) is 29.0 Å². The van der Waals surface area contributed by atoms with Crippen molar-refractivity contribution < 1.29 is 28.6 Å². The monoisotopic (exact) mass is 384 g/mol. The molecule has 0 saturated heterocycles. The molecule has 0 unspecified atom stereocenters. The number of hydrogen-bond donors (Lipinski definition) is 0. The highest BCUT2D eigenvalue weighted by Gasteiger charge is 2.14. The molecule has 0 saturated carbocycles. The summed E-state index contributed by atoms with van der Waals surface area (Å²) in [6.45, 7) is 4.09. The van der Waals surface area contributed by atoms with E-state index in [2.05, 4.69) is 0 Å². The van der Waals surface area contributed by atoms with Crippen LogP contribution >= 0.6 is 0 Å². The Hall–Kier alpha value is -3.15. The molecule has 2 aromatic rings. The van der Waals surface area contributed by atoms with Gasteiger partial charge in [-0.3, -0.25) is 4.79 Å². The van der Waals surface area contributed by atoms with Gasteiger partial charge in [-0.25, -0.2) is 9.59 Å². The van der Waals surface area contributed by atoms with Crippen molar-refractivity contribution in [3.05, 3.63) is 64.7 Å². The number of Topliss-reactive ketones (excluding diaryl/α,β-unsaturated/α-hetero) is 1. The zero-order valence-electron chi connectivity index (χ0n) is 16.3. The molecule has 6 heteroatoms. The minimum absolute atomic E-state index is 0.00827. The van der Waals surface area contributed by atoms with Gasteiger partial charge in [0.2, 0.25) is 0 Å². The number of ketones is 1. The van der Waals surface area contributed by atoms with Crippen LogP contribution in [0, 0.1) is 0 Å². The number of hydrogen-bond acceptors (Lipinski definition) is 6. The smallest absolute Gasteiger partial charge is 0.338 e. The second kappa shape index (κ2) is 10.3. The lowest BCUT2D eigenvalue weighted by atomic mass is 10.00. The van der Waals surface area contributed by atoms with Crippen LogP contribution in [0.3, 0.4) is 0 Å². The molecule has 0 atom stereocenters. The third-order valence-corrected chi connectivity index (χ3v) is 4.05. The van der Waals surface area contributed by atoms with Gasteiger partial charge < -0.3 is 14.2 Å². The maximum Gasteiger partial charge on any atom is 0.338 e. The lowest BCUT2D eigenvalue weighted by Crippen LogP contribution is -2.10. The molecule has 0 amide bonds. The molecule has 0 heterocycles. The van der Waals surface area contributed by atoms with E-state index in [9.17, 15) is 14.4 Å². The maximum absolute atomic E-state index is 12.5. The molecule has 0 radical (unpaired) electrons. The summed E-state index contributed by atoms with van der Waals surface area (Å²) in [6.07, 6.45) is 0.401. The molecule has 2 aromatic carbocycles. The van der Waals surface area contributed by atoms with Crippen LogP contribution in [0.4, 0.5) is 0 Å². The first-order valence-corrected chi connectivity index (χ1v) is 9.10. The molecule has 0 aliphatic carbocycles. The lowest BCUT2D eigenvalue weighted by Gasteiger charge is -2.10. The molecule has 0 spiro atoms. The summed E-state index contributed by atoms with van der Waals surface area (Å²) < 4.78 is 15.2. The number of ether oxygens (including phenoxy) is 3. The van der Waals surface area contributed by atoms with Crippen molar-refractivity contribution in [2.45, 2.75) is 26.7 Å². The molecule has 28 heavy (non-hydrogen) atoms. The van der Waals surface area contributed by atoms with Gasteiger partial charge in [0.25, 0.3) is 0 Å². The molecule has 2 rings (SSSR count). The van der Waals surface area contributed by atoms with Crippen LogP contribution in [0.25, 0.3) is 0 Å². The first kappa shape index (κ1) is 21.2. The van der Waals surface area contributed by atoms with Crippen molar-refractivity contribution >= 4 is 17.7 Å². The van der Waals surface area contributed by atoms with E-state index in [1.54, 1.807) is 56.3 Å². The number of carbonyl (C=O) groups excluding carboxylic acids is 3. The molecular formula is C22H24O6. The van der Waals surface area contributed by atoms with Gasteiger partial charge >= 0.3 is 11.9 Å². The quantitative estimate of drug-likeness (QED) is 0.617. The highest BCUT2D eigenvalue weighted by atomic mass is 16.5. The van der Waals surface area contributed by atoms with E-state index in [1.165, 1.54) is 7.11 Å². The van der Waals surface area contributed by atoms with Crippen molar-refractivity contribution in [2.75, 3.05) is 20.3 Å². The molecule has 148 valence electrons. The zero-order chi connectivity index (χ0) is 20.5. The third kappa shape index (κ3) is 5.67. The van der Waals surface area contributed by atoms with Gasteiger partial charge in [0.15, 0.2) is 0 Å². The van der Waals surface area contributed by atoms with Crippen LogP contribution in [0.15, 0.2) is 42.5 Å². The number of rotatable bonds is 9. The SMILES string of the molecule is CCOC(=O)c1ccc(CC(=O)Cc2ccc(C(=O)OCC)cc2OC)cc1. The Morgan fingerprint density at radius 1 is 0.786 bits per heavy atom. The fraction of sp³-hybridized carbons (Fsp3) is 0.318. The summed E-state index contributed by atoms with van der Waals surface area (Å²) in [6, 6.07) is 11.7. The van der Waals surface area contributed by atoms with E-state index in [4.69, 9.17) is 14.2 Å². The van der Waals surface area contributed by atoms with Crippen LogP contribution in [0.2, 0.25) is 0 Å². The largest absolute Gasteiger partial charge is 0.496 e. The summed E-state index contributed by atoms with van der Waals surface area (Å²) in [5, 5.41) is 0. The van der Waals surface area contributed by atoms with Gasteiger partial charge in [0.1, 0.15) is 11.5 Å². The summed E-state index contributed by atoms with van der Waals surface area (Å²) in [5.74, 6) is -0.352. The first-order valence-electron chi connectivity index (χ1n) is 9.10. The van der Waals surface area contributed by atoms with Gasteiger partial charge in [-0.1, -0.05) is 18.2 Å². The molecule has 0 aliphatic rings. The Balaban J connectivity index is 2.04.